The second-order valence-corrected chi connectivity index (χ2v) is 6.28. The van der Waals surface area contributed by atoms with Gasteiger partial charge in [0.2, 0.25) is 0 Å². The molecule has 0 spiro atoms. The van der Waals surface area contributed by atoms with Crippen molar-refractivity contribution in [3.63, 3.8) is 0 Å². The van der Waals surface area contributed by atoms with Crippen LogP contribution in [0.25, 0.3) is 11.3 Å². The maximum Gasteiger partial charge on any atom is 0.137 e. The van der Waals surface area contributed by atoms with Crippen LogP contribution in [0.4, 0.5) is 4.39 Å². The van der Waals surface area contributed by atoms with Crippen molar-refractivity contribution < 1.29 is 4.39 Å². The summed E-state index contributed by atoms with van der Waals surface area (Å²) in [7, 11) is 0. The van der Waals surface area contributed by atoms with E-state index in [1.165, 1.54) is 6.07 Å². The molecule has 20 heavy (non-hydrogen) atoms. The van der Waals surface area contributed by atoms with Crippen molar-refractivity contribution in [2.24, 2.45) is 5.73 Å². The molecule has 1 aromatic carbocycles. The molecule has 0 bridgehead atoms. The molecular formula is C15H17BrFN3. The van der Waals surface area contributed by atoms with E-state index in [0.29, 0.717) is 16.4 Å². The molecule has 1 saturated carbocycles. The first kappa shape index (κ1) is 13.8. The smallest absolute Gasteiger partial charge is 0.137 e. The van der Waals surface area contributed by atoms with E-state index in [1.807, 2.05) is 6.20 Å². The Morgan fingerprint density at radius 3 is 2.70 bits per heavy atom. The Kier molecular flexibility index (Phi) is 3.89. The summed E-state index contributed by atoms with van der Waals surface area (Å²) in [6.07, 6.45) is 6.11. The van der Waals surface area contributed by atoms with Gasteiger partial charge in [-0.05, 0) is 59.8 Å². The van der Waals surface area contributed by atoms with Crippen molar-refractivity contribution in [3.05, 3.63) is 40.5 Å². The van der Waals surface area contributed by atoms with E-state index >= 15 is 0 Å². The van der Waals surface area contributed by atoms with Crippen LogP contribution in [0, 0.1) is 5.82 Å². The standard InChI is InChI=1S/C15H17BrFN3/c16-12-7-10(3-6-13(12)17)14-8-19-15(20-14)9-1-4-11(18)5-2-9/h3,6-9,11H,1-2,4-5,18H2,(H,19,20). The minimum absolute atomic E-state index is 0.255. The van der Waals surface area contributed by atoms with Gasteiger partial charge in [-0.2, -0.15) is 0 Å². The fourth-order valence-corrected chi connectivity index (χ4v) is 3.13. The number of rotatable bonds is 2. The van der Waals surface area contributed by atoms with Crippen LogP contribution in [0.15, 0.2) is 28.9 Å². The number of hydrogen-bond donors (Lipinski definition) is 2. The minimum Gasteiger partial charge on any atom is -0.342 e. The van der Waals surface area contributed by atoms with Gasteiger partial charge in [0.1, 0.15) is 11.6 Å². The first-order valence-electron chi connectivity index (χ1n) is 6.89. The van der Waals surface area contributed by atoms with Gasteiger partial charge in [0.25, 0.3) is 0 Å². The van der Waals surface area contributed by atoms with Crippen LogP contribution in [-0.2, 0) is 0 Å². The molecule has 1 aliphatic carbocycles. The third-order valence-electron chi connectivity index (χ3n) is 3.98. The van der Waals surface area contributed by atoms with E-state index in [4.69, 9.17) is 5.73 Å². The van der Waals surface area contributed by atoms with E-state index in [-0.39, 0.29) is 5.82 Å². The zero-order valence-corrected chi connectivity index (χ0v) is 12.7. The van der Waals surface area contributed by atoms with E-state index < -0.39 is 0 Å². The van der Waals surface area contributed by atoms with Gasteiger partial charge >= 0.3 is 0 Å². The number of hydrogen-bond acceptors (Lipinski definition) is 2. The summed E-state index contributed by atoms with van der Waals surface area (Å²) >= 11 is 3.21. The average molecular weight is 338 g/mol. The van der Waals surface area contributed by atoms with Gasteiger partial charge < -0.3 is 10.7 Å². The molecule has 0 saturated heterocycles. The van der Waals surface area contributed by atoms with Crippen molar-refractivity contribution in [2.45, 2.75) is 37.6 Å². The Hall–Kier alpha value is -1.20. The van der Waals surface area contributed by atoms with Gasteiger partial charge in [0.05, 0.1) is 16.4 Å². The third-order valence-corrected chi connectivity index (χ3v) is 4.59. The van der Waals surface area contributed by atoms with Crippen LogP contribution < -0.4 is 5.73 Å². The lowest BCUT2D eigenvalue weighted by atomic mass is 9.86. The fraction of sp³-hybridized carbons (Fsp3) is 0.400. The summed E-state index contributed by atoms with van der Waals surface area (Å²) in [6.45, 7) is 0. The SMILES string of the molecule is NC1CCC(c2ncc(-c3ccc(F)c(Br)c3)[nH]2)CC1. The molecule has 0 unspecified atom stereocenters. The molecule has 3 nitrogen and oxygen atoms in total. The number of nitrogens with two attached hydrogens (primary N) is 1. The molecule has 1 heterocycles. The Labute approximate surface area is 125 Å². The maximum absolute atomic E-state index is 13.3. The van der Waals surface area contributed by atoms with Crippen LogP contribution in [0.3, 0.4) is 0 Å². The highest BCUT2D eigenvalue weighted by Gasteiger charge is 2.22. The lowest BCUT2D eigenvalue weighted by Crippen LogP contribution is -2.26. The normalized spacial score (nSPS) is 22.9. The second-order valence-electron chi connectivity index (χ2n) is 5.42. The van der Waals surface area contributed by atoms with Gasteiger partial charge in [0.15, 0.2) is 0 Å². The molecule has 3 rings (SSSR count). The van der Waals surface area contributed by atoms with Gasteiger partial charge in [-0.15, -0.1) is 0 Å². The van der Waals surface area contributed by atoms with Gasteiger partial charge in [-0.25, -0.2) is 9.37 Å². The highest BCUT2D eigenvalue weighted by Crippen LogP contribution is 2.32. The molecule has 0 aliphatic heterocycles. The molecule has 106 valence electrons. The van der Waals surface area contributed by atoms with Gasteiger partial charge in [0, 0.05) is 17.5 Å². The summed E-state index contributed by atoms with van der Waals surface area (Å²) in [4.78, 5) is 7.85. The number of nitrogens with one attached hydrogen (secondary N) is 1. The first-order chi connectivity index (χ1) is 9.63. The first-order valence-corrected chi connectivity index (χ1v) is 7.68. The topological polar surface area (TPSA) is 54.7 Å². The largest absolute Gasteiger partial charge is 0.342 e. The lowest BCUT2D eigenvalue weighted by Gasteiger charge is -2.24. The number of aromatic amines is 1. The highest BCUT2D eigenvalue weighted by atomic mass is 79.9. The van der Waals surface area contributed by atoms with Crippen molar-refractivity contribution in [2.75, 3.05) is 0 Å². The molecule has 0 radical (unpaired) electrons. The summed E-state index contributed by atoms with van der Waals surface area (Å²) in [6, 6.07) is 5.32. The summed E-state index contributed by atoms with van der Waals surface area (Å²) < 4.78 is 13.7. The van der Waals surface area contributed by atoms with E-state index in [0.717, 1.165) is 42.8 Å². The summed E-state index contributed by atoms with van der Waals surface area (Å²) in [5.74, 6) is 1.23. The van der Waals surface area contributed by atoms with E-state index in [9.17, 15) is 4.39 Å². The van der Waals surface area contributed by atoms with E-state index in [2.05, 4.69) is 25.9 Å². The quantitative estimate of drug-likeness (QED) is 0.871. The number of benzene rings is 1. The molecule has 1 fully saturated rings. The van der Waals surface area contributed by atoms with Crippen molar-refractivity contribution in [1.29, 1.82) is 0 Å². The predicted molar refractivity (Wildman–Crippen MR) is 80.9 cm³/mol. The molecule has 3 N–H and O–H groups in total. The third kappa shape index (κ3) is 2.79. The molecule has 1 aliphatic rings. The zero-order valence-electron chi connectivity index (χ0n) is 11.1. The number of halogens is 2. The van der Waals surface area contributed by atoms with E-state index in [1.54, 1.807) is 12.1 Å². The van der Waals surface area contributed by atoms with Crippen LogP contribution in [0.5, 0.6) is 0 Å². The van der Waals surface area contributed by atoms with Crippen LogP contribution >= 0.6 is 15.9 Å². The van der Waals surface area contributed by atoms with Gasteiger partial charge in [-0.1, -0.05) is 0 Å². The lowest BCUT2D eigenvalue weighted by molar-refractivity contribution is 0.386. The highest BCUT2D eigenvalue weighted by molar-refractivity contribution is 9.10. The van der Waals surface area contributed by atoms with Crippen LogP contribution in [0.2, 0.25) is 0 Å². The number of H-pyrrole nitrogens is 1. The van der Waals surface area contributed by atoms with Crippen molar-refractivity contribution >= 4 is 15.9 Å². The fourth-order valence-electron chi connectivity index (χ4n) is 2.75. The molecule has 1 aromatic heterocycles. The van der Waals surface area contributed by atoms with Gasteiger partial charge in [-0.3, -0.25) is 0 Å². The Bertz CT molecular complexity index is 603. The number of aromatic nitrogens is 2. The molecular weight excluding hydrogens is 321 g/mol. The molecule has 2 aromatic rings. The predicted octanol–water partition coefficient (Wildman–Crippen LogP) is 3.96. The zero-order chi connectivity index (χ0) is 14.1. The molecule has 0 amide bonds. The summed E-state index contributed by atoms with van der Waals surface area (Å²) in [5.41, 5.74) is 7.79. The number of nitrogens with zero attached hydrogens (tertiary/aromatic N) is 1. The second kappa shape index (κ2) is 5.66. The Morgan fingerprint density at radius 2 is 2.00 bits per heavy atom. The van der Waals surface area contributed by atoms with Crippen molar-refractivity contribution in [3.8, 4) is 11.3 Å². The van der Waals surface area contributed by atoms with Crippen LogP contribution in [0.1, 0.15) is 37.4 Å². The van der Waals surface area contributed by atoms with Crippen LogP contribution in [-0.4, -0.2) is 16.0 Å². The monoisotopic (exact) mass is 337 g/mol. The minimum atomic E-state index is -0.255. The molecule has 5 heteroatoms. The molecule has 0 atom stereocenters. The Morgan fingerprint density at radius 1 is 1.25 bits per heavy atom. The maximum atomic E-state index is 13.3. The number of imidazole rings is 1. The van der Waals surface area contributed by atoms with Crippen molar-refractivity contribution in [1.82, 2.24) is 9.97 Å². The average Bonchev–Trinajstić information content (AvgIpc) is 2.92. The summed E-state index contributed by atoms with van der Waals surface area (Å²) in [5, 5.41) is 0. The Balaban J connectivity index is 1.81.